The molecule has 0 fully saturated rings. The van der Waals surface area contributed by atoms with Gasteiger partial charge in [0.25, 0.3) is 5.91 Å². The Hall–Kier alpha value is -3.42. The van der Waals surface area contributed by atoms with E-state index < -0.39 is 16.1 Å². The maximum atomic E-state index is 13.7. The minimum Gasteiger partial charge on any atom is -0.494 e. The summed E-state index contributed by atoms with van der Waals surface area (Å²) in [6, 6.07) is 11.5. The van der Waals surface area contributed by atoms with Gasteiger partial charge in [0.15, 0.2) is 0 Å². The number of benzene rings is 2. The lowest BCUT2D eigenvalue weighted by Crippen LogP contribution is -2.47. The van der Waals surface area contributed by atoms with E-state index in [0.717, 1.165) is 5.56 Å². The van der Waals surface area contributed by atoms with E-state index in [0.29, 0.717) is 60.7 Å². The second-order valence-corrected chi connectivity index (χ2v) is 13.1. The fourth-order valence-electron chi connectivity index (χ4n) is 4.65. The summed E-state index contributed by atoms with van der Waals surface area (Å²) >= 11 is 1.59. The first-order valence-electron chi connectivity index (χ1n) is 13.9. The van der Waals surface area contributed by atoms with E-state index in [2.05, 4.69) is 20.9 Å². The number of thioether (sulfide) groups is 1. The summed E-state index contributed by atoms with van der Waals surface area (Å²) in [5.41, 5.74) is 2.39. The Kier molecular flexibility index (Phi) is 11.0. The van der Waals surface area contributed by atoms with E-state index in [1.54, 1.807) is 59.9 Å². The van der Waals surface area contributed by atoms with E-state index in [1.807, 2.05) is 25.3 Å². The molecule has 3 aromatic rings. The van der Waals surface area contributed by atoms with Gasteiger partial charge in [0.1, 0.15) is 11.8 Å². The molecule has 2 heterocycles. The summed E-state index contributed by atoms with van der Waals surface area (Å²) in [6.07, 6.45) is 5.13. The largest absolute Gasteiger partial charge is 0.494 e. The highest BCUT2D eigenvalue weighted by Crippen LogP contribution is 2.22. The first-order chi connectivity index (χ1) is 20.2. The van der Waals surface area contributed by atoms with Gasteiger partial charge in [0.2, 0.25) is 15.9 Å². The molecule has 0 aliphatic carbocycles. The van der Waals surface area contributed by atoms with Crippen molar-refractivity contribution in [1.29, 1.82) is 0 Å². The highest BCUT2D eigenvalue weighted by molar-refractivity contribution is 7.98. The Balaban J connectivity index is 1.59. The molecule has 42 heavy (non-hydrogen) atoms. The topological polar surface area (TPSA) is 136 Å². The first kappa shape index (κ1) is 31.5. The average Bonchev–Trinajstić information content (AvgIpc) is 3.42. The van der Waals surface area contributed by atoms with Crippen molar-refractivity contribution in [3.63, 3.8) is 0 Å². The summed E-state index contributed by atoms with van der Waals surface area (Å²) in [5.74, 6) is 0.581. The second-order valence-electron chi connectivity index (χ2n) is 10.2. The summed E-state index contributed by atoms with van der Waals surface area (Å²) in [7, 11) is -3.85. The van der Waals surface area contributed by atoms with Crippen LogP contribution < -0.4 is 15.4 Å². The molecule has 1 aliphatic heterocycles. The van der Waals surface area contributed by atoms with Crippen molar-refractivity contribution >= 4 is 33.6 Å². The Morgan fingerprint density at radius 2 is 1.88 bits per heavy atom. The van der Waals surface area contributed by atoms with Crippen molar-refractivity contribution in [2.24, 2.45) is 0 Å². The number of rotatable bonds is 5. The standard InChI is InChI=1S/C29H38N6O5S2/c1-21-10-11-24-18-25(21)28(36)31-26(12-17-41-3)29(37)30-13-6-15-35(42(38,39)27-9-5-4-8-22(27)2)20-23-19-34(33-32-23)14-7-16-40-24/h4-5,8-11,18-19,26H,6-7,12-17,20H2,1-3H3,(H,30,37)(H,31,36)/t26-/m0/s1. The summed E-state index contributed by atoms with van der Waals surface area (Å²) in [4.78, 5) is 26.6. The molecule has 2 aromatic carbocycles. The molecule has 2 amide bonds. The molecule has 0 radical (unpaired) electrons. The summed E-state index contributed by atoms with van der Waals surface area (Å²) in [6.45, 7) is 4.95. The van der Waals surface area contributed by atoms with Gasteiger partial charge in [-0.1, -0.05) is 29.5 Å². The third-order valence-corrected chi connectivity index (χ3v) is 9.66. The van der Waals surface area contributed by atoms with Gasteiger partial charge in [-0.05, 0) is 68.0 Å². The molecule has 11 nitrogen and oxygen atoms in total. The third-order valence-electron chi connectivity index (χ3n) is 7.01. The number of amides is 2. The number of ether oxygens (including phenoxy) is 1. The smallest absolute Gasteiger partial charge is 0.252 e. The lowest BCUT2D eigenvalue weighted by atomic mass is 10.1. The highest BCUT2D eigenvalue weighted by Gasteiger charge is 2.27. The van der Waals surface area contributed by atoms with Crippen LogP contribution in [0, 0.1) is 13.8 Å². The van der Waals surface area contributed by atoms with Gasteiger partial charge in [-0.15, -0.1) is 5.10 Å². The van der Waals surface area contributed by atoms with Gasteiger partial charge in [-0.25, -0.2) is 8.42 Å². The number of aromatic nitrogens is 3. The first-order valence-corrected chi connectivity index (χ1v) is 16.8. The van der Waals surface area contributed by atoms with Crippen molar-refractivity contribution in [2.75, 3.05) is 31.7 Å². The number of fused-ring (bicyclic) bond motifs is 4. The zero-order chi connectivity index (χ0) is 30.1. The quantitative estimate of drug-likeness (QED) is 0.448. The van der Waals surface area contributed by atoms with E-state index >= 15 is 0 Å². The lowest BCUT2D eigenvalue weighted by molar-refractivity contribution is -0.123. The van der Waals surface area contributed by atoms with Gasteiger partial charge in [0.05, 0.1) is 23.7 Å². The van der Waals surface area contributed by atoms with E-state index in [-0.39, 0.29) is 36.3 Å². The van der Waals surface area contributed by atoms with Crippen LogP contribution in [0.2, 0.25) is 0 Å². The molecular formula is C29H38N6O5S2. The predicted molar refractivity (Wildman–Crippen MR) is 162 cm³/mol. The van der Waals surface area contributed by atoms with Crippen LogP contribution in [0.15, 0.2) is 53.6 Å². The van der Waals surface area contributed by atoms with Crippen LogP contribution in [-0.2, 0) is 27.9 Å². The number of hydrogen-bond donors (Lipinski definition) is 2. The number of sulfonamides is 1. The minimum atomic E-state index is -3.85. The van der Waals surface area contributed by atoms with Crippen LogP contribution in [0.1, 0.15) is 46.4 Å². The Morgan fingerprint density at radius 1 is 1.07 bits per heavy atom. The van der Waals surface area contributed by atoms with Crippen LogP contribution in [-0.4, -0.2) is 77.3 Å². The molecular weight excluding hydrogens is 576 g/mol. The number of nitrogens with one attached hydrogen (secondary N) is 2. The number of carbonyl (C=O) groups excluding carboxylic acids is 2. The monoisotopic (exact) mass is 614 g/mol. The maximum Gasteiger partial charge on any atom is 0.252 e. The van der Waals surface area contributed by atoms with Crippen molar-refractivity contribution in [2.45, 2.75) is 57.1 Å². The molecule has 2 N–H and O–H groups in total. The fourth-order valence-corrected chi connectivity index (χ4v) is 6.80. The van der Waals surface area contributed by atoms with E-state index in [1.165, 1.54) is 4.31 Å². The number of hydrogen-bond acceptors (Lipinski definition) is 8. The Bertz CT molecular complexity index is 1490. The van der Waals surface area contributed by atoms with E-state index in [4.69, 9.17) is 4.74 Å². The average molecular weight is 615 g/mol. The van der Waals surface area contributed by atoms with Crippen LogP contribution in [0.3, 0.4) is 0 Å². The van der Waals surface area contributed by atoms with Gasteiger partial charge in [-0.2, -0.15) is 16.1 Å². The molecule has 226 valence electrons. The molecule has 1 aromatic heterocycles. The minimum absolute atomic E-state index is 0.0413. The van der Waals surface area contributed by atoms with Gasteiger partial charge in [-0.3, -0.25) is 14.3 Å². The number of carbonyl (C=O) groups is 2. The van der Waals surface area contributed by atoms with E-state index in [9.17, 15) is 18.0 Å². The molecule has 13 heteroatoms. The molecule has 1 aliphatic rings. The van der Waals surface area contributed by atoms with Crippen LogP contribution in [0.4, 0.5) is 0 Å². The fraction of sp³-hybridized carbons (Fsp3) is 0.448. The normalized spacial score (nSPS) is 18.0. The van der Waals surface area contributed by atoms with Crippen LogP contribution in [0.5, 0.6) is 5.75 Å². The van der Waals surface area contributed by atoms with Crippen molar-refractivity contribution < 1.29 is 22.7 Å². The van der Waals surface area contributed by atoms with Crippen molar-refractivity contribution in [1.82, 2.24) is 29.9 Å². The molecule has 0 saturated carbocycles. The molecule has 4 rings (SSSR count). The van der Waals surface area contributed by atoms with Gasteiger partial charge >= 0.3 is 0 Å². The second kappa shape index (κ2) is 14.7. The number of aryl methyl sites for hydroxylation is 3. The Morgan fingerprint density at radius 3 is 2.67 bits per heavy atom. The number of nitrogens with zero attached hydrogens (tertiary/aromatic N) is 4. The summed E-state index contributed by atoms with van der Waals surface area (Å²) < 4.78 is 36.4. The molecule has 0 unspecified atom stereocenters. The molecule has 1 atom stereocenters. The maximum absolute atomic E-state index is 13.7. The highest BCUT2D eigenvalue weighted by atomic mass is 32.2. The van der Waals surface area contributed by atoms with Crippen LogP contribution in [0.25, 0.3) is 0 Å². The van der Waals surface area contributed by atoms with Gasteiger partial charge < -0.3 is 15.4 Å². The molecule has 0 saturated heterocycles. The zero-order valence-electron chi connectivity index (χ0n) is 24.2. The zero-order valence-corrected chi connectivity index (χ0v) is 25.8. The van der Waals surface area contributed by atoms with Crippen LogP contribution >= 0.6 is 11.8 Å². The van der Waals surface area contributed by atoms with Crippen molar-refractivity contribution in [3.05, 3.63) is 71.0 Å². The predicted octanol–water partition coefficient (Wildman–Crippen LogP) is 2.93. The SMILES string of the molecule is CSCC[C@@H]1NC(=O)c2cc(ccc2C)OCCCn2cc(nn2)CN(S(=O)(=O)c2ccccc2C)CCCNC1=O. The third kappa shape index (κ3) is 8.11. The molecule has 0 spiro atoms. The summed E-state index contributed by atoms with van der Waals surface area (Å²) in [5, 5.41) is 14.2. The Labute approximate surface area is 251 Å². The van der Waals surface area contributed by atoms with Crippen molar-refractivity contribution in [3.8, 4) is 5.75 Å². The molecule has 4 bridgehead atoms. The van der Waals surface area contributed by atoms with Gasteiger partial charge in [0, 0.05) is 37.8 Å². The lowest BCUT2D eigenvalue weighted by Gasteiger charge is -2.23.